The number of halogens is 1. The summed E-state index contributed by atoms with van der Waals surface area (Å²) in [5.74, 6) is 1.47. The standard InChI is InChI=1S/C23H25ClN8O2/c1-30-19-18(28-21(30)22(33)25-11-13-5-6-13)20(27-12-26-19)31-9-7-14(8-10-31)32-16-4-2-3-15(24)17(16)29-23(32)34/h2-4,12-14H,5-11H2,1H3,(H,25,33)(H,29,34). The van der Waals surface area contributed by atoms with E-state index in [1.165, 1.54) is 19.2 Å². The predicted molar refractivity (Wildman–Crippen MR) is 129 cm³/mol. The maximum atomic E-state index is 12.7. The zero-order chi connectivity index (χ0) is 23.4. The van der Waals surface area contributed by atoms with Crippen LogP contribution in [0.15, 0.2) is 29.3 Å². The van der Waals surface area contributed by atoms with E-state index in [0.29, 0.717) is 53.1 Å². The van der Waals surface area contributed by atoms with Gasteiger partial charge in [0.1, 0.15) is 6.33 Å². The number of hydrogen-bond acceptors (Lipinski definition) is 6. The van der Waals surface area contributed by atoms with Crippen molar-refractivity contribution in [3.63, 3.8) is 0 Å². The third-order valence-corrected chi connectivity index (χ3v) is 7.23. The van der Waals surface area contributed by atoms with E-state index in [2.05, 4.69) is 30.2 Å². The molecule has 0 spiro atoms. The molecule has 3 aromatic heterocycles. The number of aromatic amines is 1. The highest BCUT2D eigenvalue weighted by atomic mass is 35.5. The molecular weight excluding hydrogens is 456 g/mol. The van der Waals surface area contributed by atoms with Crippen LogP contribution in [0.1, 0.15) is 42.3 Å². The Labute approximate surface area is 200 Å². The molecule has 1 saturated carbocycles. The maximum absolute atomic E-state index is 12.7. The molecule has 1 saturated heterocycles. The molecule has 0 radical (unpaired) electrons. The number of aryl methyl sites for hydroxylation is 1. The number of imidazole rings is 2. The minimum atomic E-state index is -0.186. The van der Waals surface area contributed by atoms with E-state index in [4.69, 9.17) is 11.6 Å². The summed E-state index contributed by atoms with van der Waals surface area (Å²) in [6.45, 7) is 2.10. The molecule has 6 rings (SSSR count). The van der Waals surface area contributed by atoms with Crippen molar-refractivity contribution in [1.29, 1.82) is 0 Å². The Morgan fingerprint density at radius 1 is 1.21 bits per heavy atom. The van der Waals surface area contributed by atoms with Gasteiger partial charge in [-0.25, -0.2) is 19.7 Å². The molecule has 0 atom stereocenters. The van der Waals surface area contributed by atoms with Gasteiger partial charge in [0.05, 0.1) is 16.1 Å². The van der Waals surface area contributed by atoms with Crippen LogP contribution in [0.5, 0.6) is 0 Å². The molecule has 0 bridgehead atoms. The van der Waals surface area contributed by atoms with Crippen LogP contribution in [0, 0.1) is 5.92 Å². The van der Waals surface area contributed by atoms with Crippen molar-refractivity contribution in [3.8, 4) is 0 Å². The second-order valence-corrected chi connectivity index (χ2v) is 9.58. The lowest BCUT2D eigenvalue weighted by molar-refractivity contribution is 0.0939. The first kappa shape index (κ1) is 21.2. The number of H-pyrrole nitrogens is 1. The normalized spacial score (nSPS) is 17.1. The summed E-state index contributed by atoms with van der Waals surface area (Å²) < 4.78 is 3.54. The topological polar surface area (TPSA) is 114 Å². The number of benzene rings is 1. The second kappa shape index (κ2) is 8.12. The summed E-state index contributed by atoms with van der Waals surface area (Å²) in [4.78, 5) is 43.9. The Morgan fingerprint density at radius 3 is 2.76 bits per heavy atom. The quantitative estimate of drug-likeness (QED) is 0.454. The van der Waals surface area contributed by atoms with Gasteiger partial charge < -0.3 is 19.8 Å². The van der Waals surface area contributed by atoms with E-state index in [1.807, 2.05) is 16.7 Å². The van der Waals surface area contributed by atoms with Gasteiger partial charge in [0, 0.05) is 32.7 Å². The van der Waals surface area contributed by atoms with Crippen molar-refractivity contribution in [3.05, 3.63) is 45.9 Å². The molecular formula is C23H25ClN8O2. The molecule has 2 N–H and O–H groups in total. The van der Waals surface area contributed by atoms with E-state index < -0.39 is 0 Å². The summed E-state index contributed by atoms with van der Waals surface area (Å²) in [7, 11) is 1.80. The van der Waals surface area contributed by atoms with Crippen molar-refractivity contribution in [2.45, 2.75) is 31.7 Å². The molecule has 2 aliphatic rings. The molecule has 11 heteroatoms. The Kier molecular flexibility index (Phi) is 5.05. The number of para-hydroxylation sites is 1. The average molecular weight is 481 g/mol. The maximum Gasteiger partial charge on any atom is 0.326 e. The summed E-state index contributed by atoms with van der Waals surface area (Å²) in [6, 6.07) is 5.62. The SMILES string of the molecule is Cn1c(C(=O)NCC2CC2)nc2c(N3CCC(n4c(=O)[nH]c5c(Cl)cccc54)CC3)ncnc21. The van der Waals surface area contributed by atoms with Gasteiger partial charge in [-0.3, -0.25) is 9.36 Å². The van der Waals surface area contributed by atoms with Crippen molar-refractivity contribution >= 4 is 45.5 Å². The van der Waals surface area contributed by atoms with Crippen LogP contribution in [0.25, 0.3) is 22.2 Å². The molecule has 34 heavy (non-hydrogen) atoms. The third-order valence-electron chi connectivity index (χ3n) is 6.92. The van der Waals surface area contributed by atoms with Crippen molar-refractivity contribution in [1.82, 2.24) is 34.4 Å². The van der Waals surface area contributed by atoms with E-state index in [9.17, 15) is 9.59 Å². The first-order valence-corrected chi connectivity index (χ1v) is 12.0. The number of anilines is 1. The fourth-order valence-corrected chi connectivity index (χ4v) is 5.09. The zero-order valence-electron chi connectivity index (χ0n) is 18.8. The number of fused-ring (bicyclic) bond motifs is 2. The smallest absolute Gasteiger partial charge is 0.326 e. The number of nitrogens with one attached hydrogen (secondary N) is 2. The van der Waals surface area contributed by atoms with Gasteiger partial charge in [0.25, 0.3) is 5.91 Å². The van der Waals surface area contributed by atoms with Gasteiger partial charge in [0.15, 0.2) is 17.0 Å². The van der Waals surface area contributed by atoms with Gasteiger partial charge in [-0.2, -0.15) is 0 Å². The number of carbonyl (C=O) groups excluding carboxylic acids is 1. The number of amides is 1. The van der Waals surface area contributed by atoms with Gasteiger partial charge in [0.2, 0.25) is 5.82 Å². The summed E-state index contributed by atoms with van der Waals surface area (Å²) in [5, 5.41) is 3.52. The zero-order valence-corrected chi connectivity index (χ0v) is 19.5. The average Bonchev–Trinajstić information content (AvgIpc) is 3.53. The van der Waals surface area contributed by atoms with Crippen LogP contribution in [0.4, 0.5) is 5.82 Å². The lowest BCUT2D eigenvalue weighted by Crippen LogP contribution is -2.37. The molecule has 0 unspecified atom stereocenters. The van der Waals surface area contributed by atoms with Crippen LogP contribution in [0.2, 0.25) is 5.02 Å². The first-order chi connectivity index (χ1) is 16.5. The Hall–Kier alpha value is -3.40. The summed E-state index contributed by atoms with van der Waals surface area (Å²) in [5.41, 5.74) is 2.61. The van der Waals surface area contributed by atoms with E-state index >= 15 is 0 Å². The highest BCUT2D eigenvalue weighted by molar-refractivity contribution is 6.34. The number of piperidine rings is 1. The summed E-state index contributed by atoms with van der Waals surface area (Å²) in [6.07, 6.45) is 5.40. The van der Waals surface area contributed by atoms with Crippen LogP contribution >= 0.6 is 11.6 Å². The molecule has 1 amide bonds. The van der Waals surface area contributed by atoms with Gasteiger partial charge in [-0.15, -0.1) is 0 Å². The van der Waals surface area contributed by atoms with E-state index in [0.717, 1.165) is 24.2 Å². The molecule has 4 heterocycles. The lowest BCUT2D eigenvalue weighted by atomic mass is 10.0. The lowest BCUT2D eigenvalue weighted by Gasteiger charge is -2.33. The highest BCUT2D eigenvalue weighted by Crippen LogP contribution is 2.31. The van der Waals surface area contributed by atoms with Crippen LogP contribution in [0.3, 0.4) is 0 Å². The van der Waals surface area contributed by atoms with Crippen LogP contribution in [-0.2, 0) is 7.05 Å². The Bertz CT molecular complexity index is 1460. The minimum Gasteiger partial charge on any atom is -0.355 e. The number of carbonyl (C=O) groups is 1. The molecule has 2 fully saturated rings. The first-order valence-electron chi connectivity index (χ1n) is 11.6. The predicted octanol–water partition coefficient (Wildman–Crippen LogP) is 2.64. The molecule has 1 aliphatic heterocycles. The second-order valence-electron chi connectivity index (χ2n) is 9.17. The highest BCUT2D eigenvalue weighted by Gasteiger charge is 2.28. The Balaban J connectivity index is 1.25. The van der Waals surface area contributed by atoms with Gasteiger partial charge in [-0.1, -0.05) is 17.7 Å². The van der Waals surface area contributed by atoms with Crippen molar-refractivity contribution in [2.24, 2.45) is 13.0 Å². The largest absolute Gasteiger partial charge is 0.355 e. The monoisotopic (exact) mass is 480 g/mol. The molecule has 176 valence electrons. The summed E-state index contributed by atoms with van der Waals surface area (Å²) >= 11 is 6.27. The van der Waals surface area contributed by atoms with Crippen LogP contribution < -0.4 is 15.9 Å². The number of rotatable bonds is 5. The van der Waals surface area contributed by atoms with Crippen molar-refractivity contribution in [2.75, 3.05) is 24.5 Å². The van der Waals surface area contributed by atoms with Crippen LogP contribution in [-0.4, -0.2) is 54.6 Å². The van der Waals surface area contributed by atoms with Crippen molar-refractivity contribution < 1.29 is 4.79 Å². The molecule has 10 nitrogen and oxygen atoms in total. The molecule has 1 aromatic carbocycles. The van der Waals surface area contributed by atoms with E-state index in [1.54, 1.807) is 17.7 Å². The van der Waals surface area contributed by atoms with Gasteiger partial charge in [-0.05, 0) is 43.7 Å². The fraction of sp³-hybridized carbons (Fsp3) is 0.435. The number of nitrogens with zero attached hydrogens (tertiary/aromatic N) is 6. The Morgan fingerprint density at radius 2 is 2.00 bits per heavy atom. The molecule has 4 aromatic rings. The minimum absolute atomic E-state index is 0.0563. The fourth-order valence-electron chi connectivity index (χ4n) is 4.87. The third kappa shape index (κ3) is 3.53. The van der Waals surface area contributed by atoms with Gasteiger partial charge >= 0.3 is 5.69 Å². The van der Waals surface area contributed by atoms with E-state index in [-0.39, 0.29) is 17.6 Å². The number of aromatic nitrogens is 6. The number of hydrogen-bond donors (Lipinski definition) is 2. The molecule has 1 aliphatic carbocycles.